The lowest BCUT2D eigenvalue weighted by Crippen LogP contribution is -2.61. The number of likely N-dealkylation sites (N-methyl/N-ethyl adjacent to an activating group) is 1. The van der Waals surface area contributed by atoms with E-state index in [-0.39, 0.29) is 44.6 Å². The largest absolute Gasteiger partial charge is 0.459 e. The van der Waals surface area contributed by atoms with Gasteiger partial charge in [0.05, 0.1) is 53.0 Å². The van der Waals surface area contributed by atoms with Crippen molar-refractivity contribution >= 4 is 22.2 Å². The van der Waals surface area contributed by atoms with Crippen molar-refractivity contribution in [2.75, 3.05) is 34.4 Å². The molecule has 0 unspecified atom stereocenters. The van der Waals surface area contributed by atoms with Crippen LogP contribution in [0.2, 0.25) is 0 Å². The second-order valence-corrected chi connectivity index (χ2v) is 20.0. The number of hydrogen-bond donors (Lipinski definition) is 4. The fourth-order valence-corrected chi connectivity index (χ4v) is 10.0. The number of aliphatic hydroxyl groups excluding tert-OH is 2. The van der Waals surface area contributed by atoms with Gasteiger partial charge >= 0.3 is 12.1 Å². The Morgan fingerprint density at radius 1 is 1.00 bits per heavy atom. The Bertz CT molecular complexity index is 1610. The Labute approximate surface area is 368 Å². The van der Waals surface area contributed by atoms with E-state index in [1.54, 1.807) is 48.5 Å². The summed E-state index contributed by atoms with van der Waals surface area (Å²) in [6.45, 7) is 23.0. The molecular formula is C43H76N2O16S. The maximum absolute atomic E-state index is 14.5. The molecule has 4 N–H and O–H groups in total. The quantitative estimate of drug-likeness (QED) is 0.125. The molecule has 3 rings (SSSR count). The molecule has 62 heavy (non-hydrogen) atoms. The lowest BCUT2D eigenvalue weighted by molar-refractivity contribution is -0.316. The molecule has 0 bridgehead atoms. The summed E-state index contributed by atoms with van der Waals surface area (Å²) < 4.78 is 73.8. The van der Waals surface area contributed by atoms with Crippen LogP contribution in [0.3, 0.4) is 0 Å². The van der Waals surface area contributed by atoms with E-state index in [1.165, 1.54) is 31.9 Å². The number of methoxy groups -OCH3 is 1. The van der Waals surface area contributed by atoms with Crippen molar-refractivity contribution < 1.29 is 75.8 Å². The van der Waals surface area contributed by atoms with Crippen LogP contribution in [0.25, 0.3) is 0 Å². The minimum absolute atomic E-state index is 0.0411. The number of ether oxygens (including phenoxy) is 7. The minimum atomic E-state index is -4.18. The van der Waals surface area contributed by atoms with Crippen molar-refractivity contribution in [1.82, 2.24) is 9.80 Å². The number of hydrogen-bond acceptors (Lipinski definition) is 17. The number of esters is 1. The maximum Gasteiger partial charge on any atom is 0.410 e. The summed E-state index contributed by atoms with van der Waals surface area (Å²) in [5.74, 6) is -3.50. The predicted octanol–water partition coefficient (Wildman–Crippen LogP) is 3.09. The fraction of sp³-hybridized carbons (Fsp3) is 0.860. The van der Waals surface area contributed by atoms with Crippen molar-refractivity contribution in [3.05, 3.63) is 24.6 Å². The summed E-state index contributed by atoms with van der Waals surface area (Å²) >= 11 is 0. The zero-order chi connectivity index (χ0) is 47.3. The first-order valence-electron chi connectivity index (χ1n) is 21.6. The average Bonchev–Trinajstić information content (AvgIpc) is 3.19. The van der Waals surface area contributed by atoms with Crippen molar-refractivity contribution in [2.24, 2.45) is 17.8 Å². The van der Waals surface area contributed by atoms with Gasteiger partial charge < -0.3 is 63.4 Å². The normalized spacial score (nSPS) is 43.2. The number of carbonyl (C=O) groups is 2. The number of rotatable bonds is 12. The molecule has 3 fully saturated rings. The minimum Gasteiger partial charge on any atom is -0.459 e. The van der Waals surface area contributed by atoms with E-state index in [1.807, 2.05) is 25.9 Å². The van der Waals surface area contributed by atoms with E-state index < -0.39 is 118 Å². The third kappa shape index (κ3) is 12.7. The van der Waals surface area contributed by atoms with Crippen LogP contribution < -0.4 is 0 Å². The molecule has 3 heterocycles. The second-order valence-electron chi connectivity index (χ2n) is 18.5. The third-order valence-electron chi connectivity index (χ3n) is 12.9. The van der Waals surface area contributed by atoms with Crippen LogP contribution in [0.5, 0.6) is 0 Å². The SMILES string of the molecule is C=CCOC(=O)N1C[C@H](C)C[C@@](C)(O)[C@H](O[C@@H]2O[C@H](C)C[C@H](N(C)C)[C@H]2O)[C@@H](C)[C@H](O[C@H]2C[C@@](C)(OC)[C@@H](OS(=O)(=O)C=C)[C@H](C)O2)[C@@H](C)C(=O)O[C@H](CC)[C@@](C)(O)[C@H](O)[C@H]1C. The van der Waals surface area contributed by atoms with Crippen LogP contribution in [0, 0.1) is 17.8 Å². The molecule has 19 heteroatoms. The number of amides is 1. The smallest absolute Gasteiger partial charge is 0.410 e. The van der Waals surface area contributed by atoms with Gasteiger partial charge in [-0.1, -0.05) is 40.0 Å². The molecular weight excluding hydrogens is 833 g/mol. The zero-order valence-electron chi connectivity index (χ0n) is 39.0. The molecule has 360 valence electrons. The number of cyclic esters (lactones) is 1. The van der Waals surface area contributed by atoms with E-state index in [0.29, 0.717) is 11.8 Å². The summed E-state index contributed by atoms with van der Waals surface area (Å²) in [5.41, 5.74) is -5.21. The third-order valence-corrected chi connectivity index (χ3v) is 13.8. The van der Waals surface area contributed by atoms with Gasteiger partial charge in [-0.2, -0.15) is 8.42 Å². The van der Waals surface area contributed by atoms with E-state index >= 15 is 0 Å². The standard InChI is InChI=1S/C43H76N2O16S/c1-16-19-55-40(49)45-23-24(4)21-41(10,50)36(60-39-33(46)30(44(13)14)20-25(5)56-39)26(6)34(27(7)38(48)58-31(17-2)43(12,51)35(47)28(45)8)59-32-22-42(11,54-15)37(29(9)57-32)61-62(52,53)18-3/h16,18,24-37,39,46-47,50-51H,1,3,17,19-23H2,2,4-15H3/t24-,25-,26+,27-,28-,29+,30+,31-,32+,33-,34+,35-,36-,37+,39+,41-,42-,43-/m1/s1. The topological polar surface area (TPSA) is 230 Å². The summed E-state index contributed by atoms with van der Waals surface area (Å²) in [5, 5.41) is 48.8. The molecule has 3 aliphatic heterocycles. The summed E-state index contributed by atoms with van der Waals surface area (Å²) in [6, 6.07) is -1.46. The summed E-state index contributed by atoms with van der Waals surface area (Å²) in [6.07, 6.45) is -10.4. The molecule has 0 aromatic carbocycles. The number of aliphatic hydroxyl groups is 4. The predicted molar refractivity (Wildman–Crippen MR) is 228 cm³/mol. The number of nitrogens with zero attached hydrogens (tertiary/aromatic N) is 2. The summed E-state index contributed by atoms with van der Waals surface area (Å²) in [4.78, 5) is 31.2. The van der Waals surface area contributed by atoms with Gasteiger partial charge in [0.1, 0.15) is 36.6 Å². The van der Waals surface area contributed by atoms with Gasteiger partial charge in [-0.3, -0.25) is 8.98 Å². The monoisotopic (exact) mass is 908 g/mol. The Kier molecular flexibility index (Phi) is 19.0. The Morgan fingerprint density at radius 2 is 1.63 bits per heavy atom. The molecule has 0 aromatic heterocycles. The van der Waals surface area contributed by atoms with Gasteiger partial charge in [0.2, 0.25) is 0 Å². The highest BCUT2D eigenvalue weighted by molar-refractivity contribution is 7.89. The van der Waals surface area contributed by atoms with Crippen molar-refractivity contribution in [1.29, 1.82) is 0 Å². The fourth-order valence-electron chi connectivity index (χ4n) is 9.32. The number of carbonyl (C=O) groups excluding carboxylic acids is 2. The van der Waals surface area contributed by atoms with Crippen LogP contribution in [0.1, 0.15) is 94.9 Å². The summed E-state index contributed by atoms with van der Waals surface area (Å²) in [7, 11) is 0.877. The zero-order valence-corrected chi connectivity index (χ0v) is 39.8. The van der Waals surface area contributed by atoms with E-state index in [9.17, 15) is 38.4 Å². The van der Waals surface area contributed by atoms with Gasteiger partial charge in [-0.25, -0.2) is 4.79 Å². The van der Waals surface area contributed by atoms with Crippen LogP contribution in [-0.4, -0.2) is 175 Å². The molecule has 18 nitrogen and oxygen atoms in total. The second kappa shape index (κ2) is 21.8. The Balaban J connectivity index is 2.25. The molecule has 0 spiro atoms. The highest BCUT2D eigenvalue weighted by Crippen LogP contribution is 2.41. The highest BCUT2D eigenvalue weighted by atomic mass is 32.2. The van der Waals surface area contributed by atoms with Gasteiger partial charge in [0.25, 0.3) is 10.1 Å². The molecule has 18 atom stereocenters. The molecule has 0 aromatic rings. The lowest BCUT2D eigenvalue weighted by atomic mass is 9.77. The van der Waals surface area contributed by atoms with Gasteiger partial charge in [0, 0.05) is 32.0 Å². The van der Waals surface area contributed by atoms with Gasteiger partial charge in [0.15, 0.2) is 12.6 Å². The van der Waals surface area contributed by atoms with Gasteiger partial charge in [-0.15, -0.1) is 0 Å². The Hall–Kier alpha value is -2.27. The first-order chi connectivity index (χ1) is 28.6. The van der Waals surface area contributed by atoms with Crippen LogP contribution >= 0.6 is 0 Å². The molecule has 3 saturated heterocycles. The van der Waals surface area contributed by atoms with Crippen LogP contribution in [0.4, 0.5) is 4.79 Å². The van der Waals surface area contributed by atoms with E-state index in [4.69, 9.17) is 37.3 Å². The molecule has 0 saturated carbocycles. The van der Waals surface area contributed by atoms with Crippen LogP contribution in [0.15, 0.2) is 24.6 Å². The van der Waals surface area contributed by atoms with Crippen molar-refractivity contribution in [3.8, 4) is 0 Å². The van der Waals surface area contributed by atoms with Crippen molar-refractivity contribution in [3.63, 3.8) is 0 Å². The molecule has 0 radical (unpaired) electrons. The average molecular weight is 909 g/mol. The van der Waals surface area contributed by atoms with Crippen molar-refractivity contribution in [2.45, 2.75) is 185 Å². The van der Waals surface area contributed by atoms with Crippen LogP contribution in [-0.2, 0) is 52.3 Å². The van der Waals surface area contributed by atoms with E-state index in [2.05, 4.69) is 13.2 Å². The molecule has 0 aliphatic carbocycles. The van der Waals surface area contributed by atoms with E-state index in [0.717, 1.165) is 0 Å². The van der Waals surface area contributed by atoms with Gasteiger partial charge in [-0.05, 0) is 87.7 Å². The first kappa shape index (κ1) is 54.1. The first-order valence-corrected chi connectivity index (χ1v) is 23.0. The maximum atomic E-state index is 14.5. The highest BCUT2D eigenvalue weighted by Gasteiger charge is 2.54. The lowest BCUT2D eigenvalue weighted by Gasteiger charge is -2.49. The Morgan fingerprint density at radius 3 is 2.18 bits per heavy atom. The molecule has 1 amide bonds. The molecule has 3 aliphatic rings.